The number of furan rings is 1. The van der Waals surface area contributed by atoms with Gasteiger partial charge in [-0.1, -0.05) is 30.3 Å². The molecule has 0 spiro atoms. The standard InChI is InChI=1S/C23H24N2O.ClH/c1-16-17(2)26-23-21(14-24)12-20(13-22(16)23)19-8-10-25(11-9-19)15-18-6-4-3-5-7-18;/h3-7,12-13,19H,8-11,15H2,1-2H3;1H. The SMILES string of the molecule is Cc1oc2c(C#N)cc(C3CCN(Cc4ccccc4)CC3)cc2c1C.Cl. The maximum absolute atomic E-state index is 9.55. The van der Waals surface area contributed by atoms with Crippen LogP contribution in [0.3, 0.4) is 0 Å². The molecule has 4 rings (SSSR count). The number of hydrogen-bond donors (Lipinski definition) is 0. The van der Waals surface area contributed by atoms with E-state index in [2.05, 4.69) is 54.3 Å². The van der Waals surface area contributed by atoms with E-state index in [0.29, 0.717) is 11.5 Å². The Morgan fingerprint density at radius 3 is 2.48 bits per heavy atom. The van der Waals surface area contributed by atoms with Crippen molar-refractivity contribution in [3.8, 4) is 6.07 Å². The summed E-state index contributed by atoms with van der Waals surface area (Å²) in [6.45, 7) is 7.27. The van der Waals surface area contributed by atoms with Gasteiger partial charge in [-0.3, -0.25) is 4.90 Å². The van der Waals surface area contributed by atoms with E-state index in [-0.39, 0.29) is 12.4 Å². The molecule has 0 aliphatic carbocycles. The van der Waals surface area contributed by atoms with Crippen LogP contribution in [-0.2, 0) is 6.54 Å². The number of likely N-dealkylation sites (tertiary alicyclic amines) is 1. The van der Waals surface area contributed by atoms with Gasteiger partial charge in [-0.25, -0.2) is 0 Å². The normalized spacial score (nSPS) is 15.4. The molecule has 2 aromatic carbocycles. The van der Waals surface area contributed by atoms with Crippen LogP contribution in [0.25, 0.3) is 11.0 Å². The van der Waals surface area contributed by atoms with Crippen LogP contribution in [0, 0.1) is 25.2 Å². The van der Waals surface area contributed by atoms with Crippen molar-refractivity contribution < 1.29 is 4.42 Å². The molecule has 140 valence electrons. The van der Waals surface area contributed by atoms with Crippen LogP contribution in [0.2, 0.25) is 0 Å². The van der Waals surface area contributed by atoms with Gasteiger partial charge in [0.15, 0.2) is 5.58 Å². The average molecular weight is 381 g/mol. The molecular formula is C23H25ClN2O. The summed E-state index contributed by atoms with van der Waals surface area (Å²) in [5.74, 6) is 1.43. The minimum Gasteiger partial charge on any atom is -0.460 e. The van der Waals surface area contributed by atoms with Crippen LogP contribution in [0.15, 0.2) is 46.9 Å². The molecule has 2 heterocycles. The summed E-state index contributed by atoms with van der Waals surface area (Å²) in [6, 6.07) is 17.3. The van der Waals surface area contributed by atoms with Gasteiger partial charge in [0.25, 0.3) is 0 Å². The summed E-state index contributed by atoms with van der Waals surface area (Å²) >= 11 is 0. The monoisotopic (exact) mass is 380 g/mol. The molecule has 1 saturated heterocycles. The fourth-order valence-corrected chi connectivity index (χ4v) is 4.04. The minimum atomic E-state index is 0. The smallest absolute Gasteiger partial charge is 0.152 e. The molecule has 1 aliphatic heterocycles. The lowest BCUT2D eigenvalue weighted by Crippen LogP contribution is -2.32. The van der Waals surface area contributed by atoms with Gasteiger partial charge >= 0.3 is 0 Å². The number of piperidine rings is 1. The van der Waals surface area contributed by atoms with Gasteiger partial charge in [0, 0.05) is 11.9 Å². The Bertz CT molecular complexity index is 963. The number of benzene rings is 2. The maximum atomic E-state index is 9.55. The second-order valence-corrected chi connectivity index (χ2v) is 7.38. The molecular weight excluding hydrogens is 356 g/mol. The highest BCUT2D eigenvalue weighted by Crippen LogP contribution is 2.35. The predicted molar refractivity (Wildman–Crippen MR) is 111 cm³/mol. The third kappa shape index (κ3) is 3.88. The molecule has 1 aromatic heterocycles. The van der Waals surface area contributed by atoms with Crippen molar-refractivity contribution in [1.29, 1.82) is 5.26 Å². The molecule has 1 aliphatic rings. The topological polar surface area (TPSA) is 40.2 Å². The van der Waals surface area contributed by atoms with Crippen molar-refractivity contribution in [1.82, 2.24) is 4.90 Å². The summed E-state index contributed by atoms with van der Waals surface area (Å²) in [5, 5.41) is 10.6. The first-order chi connectivity index (χ1) is 12.7. The highest BCUT2D eigenvalue weighted by Gasteiger charge is 2.23. The Kier molecular flexibility index (Phi) is 5.89. The van der Waals surface area contributed by atoms with Crippen LogP contribution >= 0.6 is 12.4 Å². The molecule has 0 N–H and O–H groups in total. The fraction of sp³-hybridized carbons (Fsp3) is 0.348. The summed E-state index contributed by atoms with van der Waals surface area (Å²) in [4.78, 5) is 2.53. The van der Waals surface area contributed by atoms with Gasteiger partial charge in [0.2, 0.25) is 0 Å². The van der Waals surface area contributed by atoms with Crippen molar-refractivity contribution in [3.63, 3.8) is 0 Å². The van der Waals surface area contributed by atoms with Gasteiger partial charge in [-0.05, 0) is 74.5 Å². The second-order valence-electron chi connectivity index (χ2n) is 7.38. The first kappa shape index (κ1) is 19.5. The fourth-order valence-electron chi connectivity index (χ4n) is 4.04. The van der Waals surface area contributed by atoms with Crippen LogP contribution in [0.1, 0.15) is 46.8 Å². The maximum Gasteiger partial charge on any atom is 0.152 e. The van der Waals surface area contributed by atoms with E-state index in [1.165, 1.54) is 11.1 Å². The minimum absolute atomic E-state index is 0. The molecule has 0 bridgehead atoms. The van der Waals surface area contributed by atoms with Gasteiger partial charge < -0.3 is 4.42 Å². The Morgan fingerprint density at radius 1 is 1.11 bits per heavy atom. The van der Waals surface area contributed by atoms with E-state index in [9.17, 15) is 5.26 Å². The molecule has 0 saturated carbocycles. The van der Waals surface area contributed by atoms with Crippen molar-refractivity contribution in [3.05, 3.63) is 70.5 Å². The molecule has 1 fully saturated rings. The van der Waals surface area contributed by atoms with Gasteiger partial charge in [0.05, 0.1) is 5.56 Å². The zero-order chi connectivity index (χ0) is 18.1. The summed E-state index contributed by atoms with van der Waals surface area (Å²) in [5.41, 5.74) is 5.23. The van der Waals surface area contributed by atoms with Crippen LogP contribution in [-0.4, -0.2) is 18.0 Å². The average Bonchev–Trinajstić information content (AvgIpc) is 2.97. The number of halogens is 1. The summed E-state index contributed by atoms with van der Waals surface area (Å²) < 4.78 is 5.82. The van der Waals surface area contributed by atoms with Gasteiger partial charge in [0.1, 0.15) is 11.8 Å². The van der Waals surface area contributed by atoms with E-state index < -0.39 is 0 Å². The van der Waals surface area contributed by atoms with E-state index in [4.69, 9.17) is 4.42 Å². The summed E-state index contributed by atoms with van der Waals surface area (Å²) in [6.07, 6.45) is 2.28. The zero-order valence-electron chi connectivity index (χ0n) is 15.9. The lowest BCUT2D eigenvalue weighted by molar-refractivity contribution is 0.204. The number of nitriles is 1. The molecule has 0 atom stereocenters. The van der Waals surface area contributed by atoms with Crippen molar-refractivity contribution >= 4 is 23.4 Å². The molecule has 3 nitrogen and oxygen atoms in total. The Labute approximate surface area is 167 Å². The highest BCUT2D eigenvalue weighted by molar-refractivity contribution is 5.87. The van der Waals surface area contributed by atoms with Crippen molar-refractivity contribution in [2.75, 3.05) is 13.1 Å². The van der Waals surface area contributed by atoms with Crippen LogP contribution < -0.4 is 0 Å². The molecule has 0 unspecified atom stereocenters. The van der Waals surface area contributed by atoms with Gasteiger partial charge in [-0.15, -0.1) is 12.4 Å². The number of aryl methyl sites for hydroxylation is 2. The highest BCUT2D eigenvalue weighted by atomic mass is 35.5. The van der Waals surface area contributed by atoms with E-state index in [1.54, 1.807) is 0 Å². The van der Waals surface area contributed by atoms with Gasteiger partial charge in [-0.2, -0.15) is 5.26 Å². The molecule has 3 aromatic rings. The second kappa shape index (κ2) is 8.17. The quantitative estimate of drug-likeness (QED) is 0.583. The lowest BCUT2D eigenvalue weighted by Gasteiger charge is -2.32. The molecule has 27 heavy (non-hydrogen) atoms. The first-order valence-electron chi connectivity index (χ1n) is 9.35. The molecule has 4 heteroatoms. The lowest BCUT2D eigenvalue weighted by atomic mass is 9.87. The Hall–Kier alpha value is -2.28. The number of fused-ring (bicyclic) bond motifs is 1. The van der Waals surface area contributed by atoms with E-state index in [1.807, 2.05) is 13.0 Å². The number of hydrogen-bond acceptors (Lipinski definition) is 3. The number of rotatable bonds is 3. The third-order valence-electron chi connectivity index (χ3n) is 5.73. The summed E-state index contributed by atoms with van der Waals surface area (Å²) in [7, 11) is 0. The molecule has 0 radical (unpaired) electrons. The van der Waals surface area contributed by atoms with E-state index >= 15 is 0 Å². The molecule has 0 amide bonds. The Balaban J connectivity index is 0.00000210. The first-order valence-corrected chi connectivity index (χ1v) is 9.35. The largest absolute Gasteiger partial charge is 0.460 e. The number of nitrogens with zero attached hydrogens (tertiary/aromatic N) is 2. The van der Waals surface area contributed by atoms with Crippen LogP contribution in [0.5, 0.6) is 0 Å². The van der Waals surface area contributed by atoms with E-state index in [0.717, 1.165) is 54.8 Å². The third-order valence-corrected chi connectivity index (χ3v) is 5.73. The Morgan fingerprint density at radius 2 is 1.81 bits per heavy atom. The van der Waals surface area contributed by atoms with Crippen LogP contribution in [0.4, 0.5) is 0 Å². The van der Waals surface area contributed by atoms with Crippen molar-refractivity contribution in [2.24, 2.45) is 0 Å². The van der Waals surface area contributed by atoms with Crippen molar-refractivity contribution in [2.45, 2.75) is 39.2 Å². The predicted octanol–water partition coefficient (Wildman–Crippen LogP) is 5.72. The zero-order valence-corrected chi connectivity index (χ0v) is 16.7.